The van der Waals surface area contributed by atoms with Gasteiger partial charge in [-0.3, -0.25) is 4.90 Å². The molecule has 0 saturated carbocycles. The molecule has 21 heavy (non-hydrogen) atoms. The molecule has 116 valence electrons. The highest BCUT2D eigenvalue weighted by Crippen LogP contribution is 2.38. The smallest absolute Gasteiger partial charge is 0.231 e. The third-order valence-electron chi connectivity index (χ3n) is 3.82. The SMILES string of the molecule is CCN1CCOC(COc2cc3c(cc2CO)OCO3)C1. The van der Waals surface area contributed by atoms with Gasteiger partial charge in [-0.05, 0) is 12.6 Å². The van der Waals surface area contributed by atoms with Crippen LogP contribution in [0.3, 0.4) is 0 Å². The number of ether oxygens (including phenoxy) is 4. The number of morpholine rings is 1. The van der Waals surface area contributed by atoms with Crippen molar-refractivity contribution < 1.29 is 24.1 Å². The van der Waals surface area contributed by atoms with Crippen LogP contribution in [0.15, 0.2) is 12.1 Å². The summed E-state index contributed by atoms with van der Waals surface area (Å²) in [5, 5.41) is 9.45. The van der Waals surface area contributed by atoms with Gasteiger partial charge in [-0.15, -0.1) is 0 Å². The van der Waals surface area contributed by atoms with Crippen LogP contribution in [0.4, 0.5) is 0 Å². The summed E-state index contributed by atoms with van der Waals surface area (Å²) < 4.78 is 22.2. The van der Waals surface area contributed by atoms with Gasteiger partial charge in [0.2, 0.25) is 6.79 Å². The van der Waals surface area contributed by atoms with E-state index in [1.165, 1.54) is 0 Å². The predicted octanol–water partition coefficient (Wildman–Crippen LogP) is 1.01. The van der Waals surface area contributed by atoms with Gasteiger partial charge < -0.3 is 24.1 Å². The lowest BCUT2D eigenvalue weighted by Crippen LogP contribution is -2.44. The highest BCUT2D eigenvalue weighted by atomic mass is 16.7. The second kappa shape index (κ2) is 6.51. The van der Waals surface area contributed by atoms with Crippen molar-refractivity contribution in [1.82, 2.24) is 4.90 Å². The Kier molecular flexibility index (Phi) is 4.48. The first-order valence-electron chi connectivity index (χ1n) is 7.30. The topological polar surface area (TPSA) is 60.4 Å². The number of likely N-dealkylation sites (N-methyl/N-ethyl adjacent to an activating group) is 1. The monoisotopic (exact) mass is 295 g/mol. The van der Waals surface area contributed by atoms with Crippen molar-refractivity contribution in [2.24, 2.45) is 0 Å². The van der Waals surface area contributed by atoms with Crippen LogP contribution in [-0.2, 0) is 11.3 Å². The maximum atomic E-state index is 9.45. The van der Waals surface area contributed by atoms with E-state index >= 15 is 0 Å². The molecule has 6 heteroatoms. The Morgan fingerprint density at radius 3 is 2.90 bits per heavy atom. The van der Waals surface area contributed by atoms with Crippen LogP contribution in [0.1, 0.15) is 12.5 Å². The van der Waals surface area contributed by atoms with Crippen LogP contribution in [0.5, 0.6) is 17.2 Å². The first-order valence-corrected chi connectivity index (χ1v) is 7.30. The minimum atomic E-state index is -0.0986. The summed E-state index contributed by atoms with van der Waals surface area (Å²) in [7, 11) is 0. The minimum absolute atomic E-state index is 0.0515. The number of rotatable bonds is 5. The van der Waals surface area contributed by atoms with Crippen molar-refractivity contribution >= 4 is 0 Å². The Morgan fingerprint density at radius 2 is 2.14 bits per heavy atom. The minimum Gasteiger partial charge on any atom is -0.490 e. The fourth-order valence-corrected chi connectivity index (χ4v) is 2.57. The standard InChI is InChI=1S/C15H21NO5/c1-2-16-3-4-18-12(7-16)9-19-13-6-15-14(20-10-21-15)5-11(13)8-17/h5-6,12,17H,2-4,7-10H2,1H3. The zero-order chi connectivity index (χ0) is 14.7. The summed E-state index contributed by atoms with van der Waals surface area (Å²) in [4.78, 5) is 2.34. The van der Waals surface area contributed by atoms with Crippen LogP contribution >= 0.6 is 0 Å². The molecule has 1 N–H and O–H groups in total. The van der Waals surface area contributed by atoms with Crippen LogP contribution in [0.2, 0.25) is 0 Å². The molecule has 1 aromatic carbocycles. The lowest BCUT2D eigenvalue weighted by molar-refractivity contribution is -0.0466. The number of fused-ring (bicyclic) bond motifs is 1. The molecular weight excluding hydrogens is 274 g/mol. The molecule has 0 bridgehead atoms. The van der Waals surface area contributed by atoms with Crippen molar-refractivity contribution in [1.29, 1.82) is 0 Å². The second-order valence-electron chi connectivity index (χ2n) is 5.17. The molecule has 3 rings (SSSR count). The van der Waals surface area contributed by atoms with Gasteiger partial charge in [-0.25, -0.2) is 0 Å². The number of hydrogen-bond donors (Lipinski definition) is 1. The molecule has 2 aliphatic heterocycles. The molecule has 1 atom stereocenters. The maximum absolute atomic E-state index is 9.45. The second-order valence-corrected chi connectivity index (χ2v) is 5.17. The predicted molar refractivity (Wildman–Crippen MR) is 75.8 cm³/mol. The number of hydrogen-bond acceptors (Lipinski definition) is 6. The molecular formula is C15H21NO5. The van der Waals surface area contributed by atoms with Crippen LogP contribution in [0.25, 0.3) is 0 Å². The molecule has 2 aliphatic rings. The lowest BCUT2D eigenvalue weighted by atomic mass is 10.2. The molecule has 1 aromatic rings. The largest absolute Gasteiger partial charge is 0.490 e. The fraction of sp³-hybridized carbons (Fsp3) is 0.600. The average molecular weight is 295 g/mol. The van der Waals surface area contributed by atoms with Crippen LogP contribution in [-0.4, -0.2) is 55.8 Å². The van der Waals surface area contributed by atoms with Crippen molar-refractivity contribution in [3.8, 4) is 17.2 Å². The molecule has 1 fully saturated rings. The molecule has 0 aliphatic carbocycles. The maximum Gasteiger partial charge on any atom is 0.231 e. The van der Waals surface area contributed by atoms with Crippen molar-refractivity contribution in [2.75, 3.05) is 39.6 Å². The molecule has 2 heterocycles. The first kappa shape index (κ1) is 14.4. The van der Waals surface area contributed by atoms with Gasteiger partial charge in [0.05, 0.1) is 13.2 Å². The third-order valence-corrected chi connectivity index (χ3v) is 3.82. The van der Waals surface area contributed by atoms with Gasteiger partial charge in [0.25, 0.3) is 0 Å². The summed E-state index contributed by atoms with van der Waals surface area (Å²) in [6, 6.07) is 3.53. The van der Waals surface area contributed by atoms with Gasteiger partial charge in [-0.1, -0.05) is 6.92 Å². The number of aliphatic hydroxyl groups is 1. The molecule has 1 unspecified atom stereocenters. The fourth-order valence-electron chi connectivity index (χ4n) is 2.57. The zero-order valence-electron chi connectivity index (χ0n) is 12.2. The molecule has 0 aromatic heterocycles. The quantitative estimate of drug-likeness (QED) is 0.875. The van der Waals surface area contributed by atoms with Crippen molar-refractivity contribution in [2.45, 2.75) is 19.6 Å². The van der Waals surface area contributed by atoms with Gasteiger partial charge in [0.1, 0.15) is 18.5 Å². The Bertz CT molecular complexity index is 493. The summed E-state index contributed by atoms with van der Waals surface area (Å²) in [6.07, 6.45) is 0.0515. The molecule has 6 nitrogen and oxygen atoms in total. The number of aliphatic hydroxyl groups excluding tert-OH is 1. The highest BCUT2D eigenvalue weighted by molar-refractivity contribution is 5.51. The normalized spacial score (nSPS) is 21.5. The Morgan fingerprint density at radius 1 is 1.33 bits per heavy atom. The van der Waals surface area contributed by atoms with Crippen LogP contribution < -0.4 is 14.2 Å². The van der Waals surface area contributed by atoms with E-state index in [1.54, 1.807) is 12.1 Å². The van der Waals surface area contributed by atoms with Gasteiger partial charge >= 0.3 is 0 Å². The number of nitrogens with zero attached hydrogens (tertiary/aromatic N) is 1. The van der Waals surface area contributed by atoms with Crippen molar-refractivity contribution in [3.63, 3.8) is 0 Å². The van der Waals surface area contributed by atoms with E-state index in [0.29, 0.717) is 29.4 Å². The van der Waals surface area contributed by atoms with E-state index in [-0.39, 0.29) is 19.5 Å². The summed E-state index contributed by atoms with van der Waals surface area (Å²) in [6.45, 7) is 6.31. The van der Waals surface area contributed by atoms with E-state index in [0.717, 1.165) is 26.2 Å². The van der Waals surface area contributed by atoms with E-state index in [4.69, 9.17) is 18.9 Å². The summed E-state index contributed by atoms with van der Waals surface area (Å²) >= 11 is 0. The average Bonchev–Trinajstić information content (AvgIpc) is 2.99. The van der Waals surface area contributed by atoms with Crippen molar-refractivity contribution in [3.05, 3.63) is 17.7 Å². The Hall–Kier alpha value is -1.50. The van der Waals surface area contributed by atoms with E-state index < -0.39 is 0 Å². The van der Waals surface area contributed by atoms with Gasteiger partial charge in [-0.2, -0.15) is 0 Å². The summed E-state index contributed by atoms with van der Waals surface area (Å²) in [5.74, 6) is 1.93. The lowest BCUT2D eigenvalue weighted by Gasteiger charge is -2.32. The number of benzene rings is 1. The van der Waals surface area contributed by atoms with E-state index in [2.05, 4.69) is 11.8 Å². The molecule has 0 spiro atoms. The Balaban J connectivity index is 1.64. The molecule has 0 amide bonds. The van der Waals surface area contributed by atoms with Crippen LogP contribution in [0, 0.1) is 0 Å². The highest BCUT2D eigenvalue weighted by Gasteiger charge is 2.22. The third kappa shape index (κ3) is 3.23. The summed E-state index contributed by atoms with van der Waals surface area (Å²) in [5.41, 5.74) is 0.697. The molecule has 1 saturated heterocycles. The van der Waals surface area contributed by atoms with Gasteiger partial charge in [0.15, 0.2) is 11.5 Å². The zero-order valence-corrected chi connectivity index (χ0v) is 12.2. The first-order chi connectivity index (χ1) is 10.3. The Labute approximate surface area is 124 Å². The van der Waals surface area contributed by atoms with E-state index in [1.807, 2.05) is 0 Å². The molecule has 0 radical (unpaired) electrons. The van der Waals surface area contributed by atoms with E-state index in [9.17, 15) is 5.11 Å². The van der Waals surface area contributed by atoms with Gasteiger partial charge in [0, 0.05) is 24.7 Å².